The molecule has 1 heterocycles. The molecular weight excluding hydrogens is 222 g/mol. The third kappa shape index (κ3) is 2.93. The summed E-state index contributed by atoms with van der Waals surface area (Å²) < 4.78 is 0. The molecular formula is C15H21N3. The Labute approximate surface area is 109 Å². The van der Waals surface area contributed by atoms with Crippen molar-refractivity contribution in [3.63, 3.8) is 0 Å². The van der Waals surface area contributed by atoms with Crippen LogP contribution in [-0.4, -0.2) is 31.1 Å². The molecule has 0 aliphatic carbocycles. The molecule has 0 amide bonds. The van der Waals surface area contributed by atoms with Crippen molar-refractivity contribution >= 4 is 11.4 Å². The molecule has 3 nitrogen and oxygen atoms in total. The standard InChI is InChI=1S/C15H21N3/c1-12(2)17-15-7-5-4-6-14(15)13(3)18-10-8-16-9-11-18/h4-7,16-17H,1,3,8-11H2,2H3. The SMILES string of the molecule is C=C(C)Nc1ccccc1C(=C)N1CCNCC1. The summed E-state index contributed by atoms with van der Waals surface area (Å²) >= 11 is 0. The lowest BCUT2D eigenvalue weighted by molar-refractivity contribution is 0.341. The Balaban J connectivity index is 2.20. The van der Waals surface area contributed by atoms with Crippen molar-refractivity contribution in [1.82, 2.24) is 10.2 Å². The summed E-state index contributed by atoms with van der Waals surface area (Å²) in [6.45, 7) is 14.2. The van der Waals surface area contributed by atoms with Gasteiger partial charge in [-0.15, -0.1) is 0 Å². The second kappa shape index (κ2) is 5.74. The van der Waals surface area contributed by atoms with Crippen molar-refractivity contribution < 1.29 is 0 Å². The Morgan fingerprint density at radius 3 is 2.56 bits per heavy atom. The van der Waals surface area contributed by atoms with Gasteiger partial charge in [0, 0.05) is 48.8 Å². The summed E-state index contributed by atoms with van der Waals surface area (Å²) in [5.41, 5.74) is 4.26. The smallest absolute Gasteiger partial charge is 0.0475 e. The summed E-state index contributed by atoms with van der Waals surface area (Å²) in [6.07, 6.45) is 0. The number of hydrogen-bond donors (Lipinski definition) is 2. The molecule has 96 valence electrons. The predicted molar refractivity (Wildman–Crippen MR) is 78.4 cm³/mol. The number of nitrogens with zero attached hydrogens (tertiary/aromatic N) is 1. The quantitative estimate of drug-likeness (QED) is 0.851. The van der Waals surface area contributed by atoms with Crippen LogP contribution >= 0.6 is 0 Å². The average molecular weight is 243 g/mol. The molecule has 1 fully saturated rings. The molecule has 0 spiro atoms. The molecule has 2 N–H and O–H groups in total. The molecule has 3 heteroatoms. The van der Waals surface area contributed by atoms with E-state index in [2.05, 4.69) is 40.8 Å². The molecule has 0 unspecified atom stereocenters. The maximum absolute atomic E-state index is 4.25. The van der Waals surface area contributed by atoms with Crippen LogP contribution in [0.5, 0.6) is 0 Å². The van der Waals surface area contributed by atoms with Crippen LogP contribution in [0.2, 0.25) is 0 Å². The van der Waals surface area contributed by atoms with Gasteiger partial charge in [0.25, 0.3) is 0 Å². The highest BCUT2D eigenvalue weighted by atomic mass is 15.2. The number of para-hydroxylation sites is 1. The zero-order chi connectivity index (χ0) is 13.0. The molecule has 18 heavy (non-hydrogen) atoms. The van der Waals surface area contributed by atoms with E-state index >= 15 is 0 Å². The molecule has 0 radical (unpaired) electrons. The third-order valence-corrected chi connectivity index (χ3v) is 3.08. The van der Waals surface area contributed by atoms with E-state index in [1.165, 1.54) is 0 Å². The fourth-order valence-electron chi connectivity index (χ4n) is 2.18. The van der Waals surface area contributed by atoms with Gasteiger partial charge >= 0.3 is 0 Å². The predicted octanol–water partition coefficient (Wildman–Crippen LogP) is 2.51. The number of piperazine rings is 1. The molecule has 1 aliphatic rings. The molecule has 0 bridgehead atoms. The van der Waals surface area contributed by atoms with E-state index in [4.69, 9.17) is 0 Å². The van der Waals surface area contributed by atoms with Crippen molar-refractivity contribution in [2.24, 2.45) is 0 Å². The molecule has 2 rings (SSSR count). The van der Waals surface area contributed by atoms with Crippen LogP contribution in [0.25, 0.3) is 5.70 Å². The van der Waals surface area contributed by atoms with Crippen molar-refractivity contribution in [1.29, 1.82) is 0 Å². The van der Waals surface area contributed by atoms with Crippen molar-refractivity contribution in [2.45, 2.75) is 6.92 Å². The van der Waals surface area contributed by atoms with Crippen LogP contribution in [0.15, 0.2) is 43.1 Å². The van der Waals surface area contributed by atoms with Gasteiger partial charge in [-0.25, -0.2) is 0 Å². The molecule has 1 saturated heterocycles. The lowest BCUT2D eigenvalue weighted by atomic mass is 10.1. The fourth-order valence-corrected chi connectivity index (χ4v) is 2.18. The monoisotopic (exact) mass is 243 g/mol. The zero-order valence-corrected chi connectivity index (χ0v) is 11.0. The Morgan fingerprint density at radius 1 is 1.22 bits per heavy atom. The van der Waals surface area contributed by atoms with Crippen LogP contribution in [0.3, 0.4) is 0 Å². The minimum atomic E-state index is 0.940. The number of nitrogens with one attached hydrogen (secondary N) is 2. The fraction of sp³-hybridized carbons (Fsp3) is 0.333. The van der Waals surface area contributed by atoms with Gasteiger partial charge in [-0.2, -0.15) is 0 Å². The summed E-state index contributed by atoms with van der Waals surface area (Å²) in [4.78, 5) is 2.33. The van der Waals surface area contributed by atoms with Gasteiger partial charge in [-0.05, 0) is 13.0 Å². The minimum Gasteiger partial charge on any atom is -0.369 e. The van der Waals surface area contributed by atoms with Gasteiger partial charge < -0.3 is 15.5 Å². The van der Waals surface area contributed by atoms with E-state index < -0.39 is 0 Å². The molecule has 1 aromatic carbocycles. The Morgan fingerprint density at radius 2 is 1.89 bits per heavy atom. The van der Waals surface area contributed by atoms with Crippen molar-refractivity contribution in [3.8, 4) is 0 Å². The Bertz CT molecular complexity index is 445. The number of anilines is 1. The number of rotatable bonds is 4. The van der Waals surface area contributed by atoms with E-state index in [1.807, 2.05) is 19.1 Å². The summed E-state index contributed by atoms with van der Waals surface area (Å²) in [5.74, 6) is 0. The summed E-state index contributed by atoms with van der Waals surface area (Å²) in [6, 6.07) is 8.25. The van der Waals surface area contributed by atoms with E-state index in [9.17, 15) is 0 Å². The second-order valence-corrected chi connectivity index (χ2v) is 4.63. The Kier molecular flexibility index (Phi) is 4.05. The highest BCUT2D eigenvalue weighted by molar-refractivity contribution is 5.75. The largest absolute Gasteiger partial charge is 0.369 e. The maximum atomic E-state index is 4.25. The van der Waals surface area contributed by atoms with Gasteiger partial charge in [-0.1, -0.05) is 31.4 Å². The maximum Gasteiger partial charge on any atom is 0.0475 e. The molecule has 0 saturated carbocycles. The average Bonchev–Trinajstić information content (AvgIpc) is 2.39. The van der Waals surface area contributed by atoms with Gasteiger partial charge in [0.1, 0.15) is 0 Å². The highest BCUT2D eigenvalue weighted by Gasteiger charge is 2.15. The summed E-state index contributed by atoms with van der Waals surface area (Å²) in [5, 5.41) is 6.65. The molecule has 0 atom stereocenters. The van der Waals surface area contributed by atoms with Crippen LogP contribution in [0, 0.1) is 0 Å². The molecule has 1 aromatic rings. The normalized spacial score (nSPS) is 15.3. The van der Waals surface area contributed by atoms with E-state index in [1.54, 1.807) is 0 Å². The highest BCUT2D eigenvalue weighted by Crippen LogP contribution is 2.26. The number of benzene rings is 1. The van der Waals surface area contributed by atoms with Gasteiger partial charge in [-0.3, -0.25) is 0 Å². The van der Waals surface area contributed by atoms with Crippen molar-refractivity contribution in [2.75, 3.05) is 31.5 Å². The van der Waals surface area contributed by atoms with Gasteiger partial charge in [0.15, 0.2) is 0 Å². The third-order valence-electron chi connectivity index (χ3n) is 3.08. The van der Waals surface area contributed by atoms with Crippen LogP contribution in [0.4, 0.5) is 5.69 Å². The van der Waals surface area contributed by atoms with Gasteiger partial charge in [0.2, 0.25) is 0 Å². The zero-order valence-electron chi connectivity index (χ0n) is 11.0. The van der Waals surface area contributed by atoms with Crippen LogP contribution < -0.4 is 10.6 Å². The topological polar surface area (TPSA) is 27.3 Å². The summed E-state index contributed by atoms with van der Waals surface area (Å²) in [7, 11) is 0. The second-order valence-electron chi connectivity index (χ2n) is 4.63. The first-order valence-electron chi connectivity index (χ1n) is 6.35. The minimum absolute atomic E-state index is 0.940. The first-order chi connectivity index (χ1) is 8.68. The number of hydrogen-bond acceptors (Lipinski definition) is 3. The van der Waals surface area contributed by atoms with E-state index in [-0.39, 0.29) is 0 Å². The van der Waals surface area contributed by atoms with Crippen LogP contribution in [-0.2, 0) is 0 Å². The van der Waals surface area contributed by atoms with Crippen LogP contribution in [0.1, 0.15) is 12.5 Å². The lowest BCUT2D eigenvalue weighted by Gasteiger charge is -2.32. The van der Waals surface area contributed by atoms with E-state index in [0.29, 0.717) is 0 Å². The lowest BCUT2D eigenvalue weighted by Crippen LogP contribution is -2.42. The first kappa shape index (κ1) is 12.7. The number of allylic oxidation sites excluding steroid dienone is 1. The first-order valence-corrected chi connectivity index (χ1v) is 6.35. The molecule has 1 aliphatic heterocycles. The van der Waals surface area contributed by atoms with Gasteiger partial charge in [0.05, 0.1) is 0 Å². The van der Waals surface area contributed by atoms with Crippen molar-refractivity contribution in [3.05, 3.63) is 48.7 Å². The van der Waals surface area contributed by atoms with E-state index in [0.717, 1.165) is 48.8 Å². The molecule has 0 aromatic heterocycles. The Hall–Kier alpha value is -1.74.